The second-order valence-electron chi connectivity index (χ2n) is 3.49. The van der Waals surface area contributed by atoms with Crippen LogP contribution in [0.2, 0.25) is 0 Å². The van der Waals surface area contributed by atoms with E-state index < -0.39 is 5.97 Å². The standard InChI is InChI=1S/C12H15O3/c1-3-4-7-15-12(14)10-8-9(2)5-6-11(10)13/h5-6,8H,3-4,7H2,1-2H3. The maximum absolute atomic E-state index is 11.5. The minimum Gasteiger partial charge on any atom is -0.462 e. The van der Waals surface area contributed by atoms with Crippen molar-refractivity contribution >= 4 is 5.97 Å². The molecule has 81 valence electrons. The van der Waals surface area contributed by atoms with Crippen LogP contribution in [-0.4, -0.2) is 12.6 Å². The van der Waals surface area contributed by atoms with Gasteiger partial charge in [0.05, 0.1) is 6.61 Å². The van der Waals surface area contributed by atoms with Crippen molar-refractivity contribution in [3.63, 3.8) is 0 Å². The van der Waals surface area contributed by atoms with Gasteiger partial charge in [-0.15, -0.1) is 0 Å². The monoisotopic (exact) mass is 207 g/mol. The molecule has 0 atom stereocenters. The molecule has 0 amide bonds. The van der Waals surface area contributed by atoms with Crippen molar-refractivity contribution in [2.75, 3.05) is 6.61 Å². The van der Waals surface area contributed by atoms with E-state index >= 15 is 0 Å². The normalized spacial score (nSPS) is 10.0. The zero-order valence-electron chi connectivity index (χ0n) is 9.08. The van der Waals surface area contributed by atoms with E-state index in [-0.39, 0.29) is 11.3 Å². The van der Waals surface area contributed by atoms with Crippen molar-refractivity contribution in [2.24, 2.45) is 0 Å². The van der Waals surface area contributed by atoms with Gasteiger partial charge in [0, 0.05) is 0 Å². The molecule has 3 heteroatoms. The summed E-state index contributed by atoms with van der Waals surface area (Å²) in [5.41, 5.74) is 1.02. The van der Waals surface area contributed by atoms with Crippen LogP contribution in [0, 0.1) is 6.92 Å². The number of unbranched alkanes of at least 4 members (excludes halogenated alkanes) is 1. The van der Waals surface area contributed by atoms with E-state index in [1.807, 2.05) is 13.8 Å². The molecule has 0 unspecified atom stereocenters. The molecule has 0 saturated carbocycles. The van der Waals surface area contributed by atoms with Gasteiger partial charge in [-0.1, -0.05) is 19.4 Å². The predicted octanol–water partition coefficient (Wildman–Crippen LogP) is 3.10. The number of benzene rings is 1. The van der Waals surface area contributed by atoms with Crippen molar-refractivity contribution in [1.29, 1.82) is 0 Å². The third-order valence-electron chi connectivity index (χ3n) is 2.09. The summed E-state index contributed by atoms with van der Waals surface area (Å²) in [6, 6.07) is 4.65. The Hall–Kier alpha value is -1.51. The Kier molecular flexibility index (Phi) is 4.16. The Morgan fingerprint density at radius 1 is 1.40 bits per heavy atom. The maximum Gasteiger partial charge on any atom is 0.342 e. The van der Waals surface area contributed by atoms with Crippen LogP contribution in [0.4, 0.5) is 0 Å². The Labute approximate surface area is 89.7 Å². The van der Waals surface area contributed by atoms with Gasteiger partial charge in [0.2, 0.25) is 0 Å². The number of hydrogen-bond donors (Lipinski definition) is 0. The zero-order chi connectivity index (χ0) is 11.3. The number of carbonyl (C=O) groups is 1. The Morgan fingerprint density at radius 3 is 2.80 bits per heavy atom. The van der Waals surface area contributed by atoms with Crippen LogP contribution in [0.1, 0.15) is 35.7 Å². The van der Waals surface area contributed by atoms with Gasteiger partial charge < -0.3 is 4.74 Å². The van der Waals surface area contributed by atoms with E-state index in [1.165, 1.54) is 6.07 Å². The van der Waals surface area contributed by atoms with E-state index in [9.17, 15) is 9.90 Å². The average Bonchev–Trinajstić information content (AvgIpc) is 2.22. The average molecular weight is 207 g/mol. The minimum absolute atomic E-state index is 0.131. The van der Waals surface area contributed by atoms with Crippen molar-refractivity contribution in [3.05, 3.63) is 29.3 Å². The maximum atomic E-state index is 11.5. The van der Waals surface area contributed by atoms with E-state index in [2.05, 4.69) is 0 Å². The van der Waals surface area contributed by atoms with Crippen LogP contribution in [-0.2, 0) is 9.84 Å². The van der Waals surface area contributed by atoms with Crippen LogP contribution in [0.3, 0.4) is 0 Å². The molecule has 0 heterocycles. The summed E-state index contributed by atoms with van der Waals surface area (Å²) >= 11 is 0. The molecule has 0 N–H and O–H groups in total. The van der Waals surface area contributed by atoms with Gasteiger partial charge in [0.25, 0.3) is 0 Å². The summed E-state index contributed by atoms with van der Waals surface area (Å²) in [6.07, 6.45) is 1.79. The Morgan fingerprint density at radius 2 is 2.13 bits per heavy atom. The lowest BCUT2D eigenvalue weighted by Gasteiger charge is -2.04. The minimum atomic E-state index is -0.517. The molecule has 0 saturated heterocycles. The van der Waals surface area contributed by atoms with Crippen molar-refractivity contribution in [3.8, 4) is 5.75 Å². The molecule has 1 aromatic carbocycles. The molecule has 0 aliphatic heterocycles. The topological polar surface area (TPSA) is 46.2 Å². The SMILES string of the molecule is CCCCOC(=O)c1cc(C)ccc1[O]. The molecular weight excluding hydrogens is 192 g/mol. The van der Waals surface area contributed by atoms with Crippen molar-refractivity contribution in [2.45, 2.75) is 26.7 Å². The molecule has 1 rings (SSSR count). The van der Waals surface area contributed by atoms with Crippen LogP contribution in [0.5, 0.6) is 5.75 Å². The molecule has 1 radical (unpaired) electrons. The Bertz CT molecular complexity index is 345. The fraction of sp³-hybridized carbons (Fsp3) is 0.417. The third kappa shape index (κ3) is 3.27. The summed E-state index contributed by atoms with van der Waals surface area (Å²) in [5, 5.41) is 11.3. The van der Waals surface area contributed by atoms with Crippen LogP contribution in [0.25, 0.3) is 0 Å². The Balaban J connectivity index is 2.68. The molecule has 3 nitrogen and oxygen atoms in total. The highest BCUT2D eigenvalue weighted by atomic mass is 16.5. The molecule has 0 aliphatic rings. The first-order chi connectivity index (χ1) is 7.15. The van der Waals surface area contributed by atoms with Crippen molar-refractivity contribution in [1.82, 2.24) is 0 Å². The van der Waals surface area contributed by atoms with E-state index in [1.54, 1.807) is 12.1 Å². The first kappa shape index (κ1) is 11.6. The molecule has 0 spiro atoms. The molecule has 0 aliphatic carbocycles. The lowest BCUT2D eigenvalue weighted by atomic mass is 10.1. The summed E-state index contributed by atoms with van der Waals surface area (Å²) in [6.45, 7) is 4.23. The number of aryl methyl sites for hydroxylation is 1. The number of esters is 1. The van der Waals surface area contributed by atoms with Gasteiger partial charge in [-0.05, 0) is 31.0 Å². The zero-order valence-corrected chi connectivity index (χ0v) is 9.08. The second-order valence-corrected chi connectivity index (χ2v) is 3.49. The van der Waals surface area contributed by atoms with Gasteiger partial charge in [-0.2, -0.15) is 0 Å². The van der Waals surface area contributed by atoms with Gasteiger partial charge in [0.1, 0.15) is 5.56 Å². The molecule has 0 bridgehead atoms. The van der Waals surface area contributed by atoms with E-state index in [4.69, 9.17) is 4.74 Å². The summed E-state index contributed by atoms with van der Waals surface area (Å²) in [5.74, 6) is -0.792. The highest BCUT2D eigenvalue weighted by Crippen LogP contribution is 2.19. The molecular formula is C12H15O3. The smallest absolute Gasteiger partial charge is 0.342 e. The van der Waals surface area contributed by atoms with Crippen molar-refractivity contribution < 1.29 is 14.6 Å². The lowest BCUT2D eigenvalue weighted by molar-refractivity contribution is 0.0494. The predicted molar refractivity (Wildman–Crippen MR) is 56.5 cm³/mol. The second kappa shape index (κ2) is 5.39. The quantitative estimate of drug-likeness (QED) is 0.562. The van der Waals surface area contributed by atoms with Gasteiger partial charge in [-0.25, -0.2) is 4.79 Å². The first-order valence-corrected chi connectivity index (χ1v) is 5.10. The number of hydrogen-bond acceptors (Lipinski definition) is 2. The largest absolute Gasteiger partial charge is 0.462 e. The summed E-state index contributed by atoms with van der Waals surface area (Å²) < 4.78 is 4.97. The lowest BCUT2D eigenvalue weighted by Crippen LogP contribution is -2.06. The van der Waals surface area contributed by atoms with Crippen LogP contribution in [0.15, 0.2) is 18.2 Å². The highest BCUT2D eigenvalue weighted by molar-refractivity contribution is 5.92. The molecule has 0 aromatic heterocycles. The molecule has 0 fully saturated rings. The van der Waals surface area contributed by atoms with E-state index in [0.717, 1.165) is 18.4 Å². The van der Waals surface area contributed by atoms with Crippen LogP contribution >= 0.6 is 0 Å². The fourth-order valence-corrected chi connectivity index (χ4v) is 1.19. The molecule has 1 aromatic rings. The summed E-state index contributed by atoms with van der Waals surface area (Å²) in [7, 11) is 0. The third-order valence-corrected chi connectivity index (χ3v) is 2.09. The first-order valence-electron chi connectivity index (χ1n) is 5.10. The van der Waals surface area contributed by atoms with Crippen LogP contribution < -0.4 is 0 Å². The fourth-order valence-electron chi connectivity index (χ4n) is 1.19. The van der Waals surface area contributed by atoms with Gasteiger partial charge in [-0.3, -0.25) is 5.11 Å². The number of carbonyl (C=O) groups excluding carboxylic acids is 1. The van der Waals surface area contributed by atoms with E-state index in [0.29, 0.717) is 6.61 Å². The molecule has 15 heavy (non-hydrogen) atoms. The van der Waals surface area contributed by atoms with Gasteiger partial charge >= 0.3 is 5.97 Å². The summed E-state index contributed by atoms with van der Waals surface area (Å²) in [4.78, 5) is 11.5. The van der Waals surface area contributed by atoms with Gasteiger partial charge in [0.15, 0.2) is 5.75 Å². The number of rotatable bonds is 4. The highest BCUT2D eigenvalue weighted by Gasteiger charge is 2.13. The number of ether oxygens (including phenoxy) is 1.